The number of nitrogens with zero attached hydrogens (tertiary/aromatic N) is 1. The summed E-state index contributed by atoms with van der Waals surface area (Å²) in [6, 6.07) is 8.86. The summed E-state index contributed by atoms with van der Waals surface area (Å²) in [4.78, 5) is 99.3. The van der Waals surface area contributed by atoms with Crippen LogP contribution in [-0.2, 0) is 52.8 Å². The Morgan fingerprint density at radius 1 is 0.741 bits per heavy atom. The summed E-state index contributed by atoms with van der Waals surface area (Å²) in [5, 5.41) is 16.7. The minimum atomic E-state index is -1.16. The molecule has 4 unspecified atom stereocenters. The third kappa shape index (κ3) is 11.3. The summed E-state index contributed by atoms with van der Waals surface area (Å²) in [7, 11) is 1.59. The van der Waals surface area contributed by atoms with E-state index in [0.29, 0.717) is 24.5 Å². The first-order valence-corrected chi connectivity index (χ1v) is 20.0. The van der Waals surface area contributed by atoms with E-state index < -0.39 is 85.2 Å². The van der Waals surface area contributed by atoms with Crippen molar-refractivity contribution in [1.29, 1.82) is 0 Å². The molecule has 1 aromatic heterocycles. The Balaban J connectivity index is 1.43. The molecular weight excluding hydrogens is 745 g/mol. The first-order valence-electron chi connectivity index (χ1n) is 20.0. The van der Waals surface area contributed by atoms with Gasteiger partial charge in [-0.25, -0.2) is 0 Å². The summed E-state index contributed by atoms with van der Waals surface area (Å²) in [6.07, 6.45) is 4.41. The van der Waals surface area contributed by atoms with Gasteiger partial charge in [0.25, 0.3) is 0 Å². The van der Waals surface area contributed by atoms with Crippen LogP contribution in [0.4, 0.5) is 0 Å². The summed E-state index contributed by atoms with van der Waals surface area (Å²) in [6.45, 7) is 6.46. The number of amides is 7. The summed E-state index contributed by atoms with van der Waals surface area (Å²) in [5.41, 5.74) is 3.28. The molecule has 2 saturated heterocycles. The average Bonchev–Trinajstić information content (AvgIpc) is 3.86. The molecule has 2 aliphatic rings. The fourth-order valence-electron chi connectivity index (χ4n) is 7.37. The number of fused-ring (bicyclic) bond motifs is 2. The van der Waals surface area contributed by atoms with E-state index in [4.69, 9.17) is 4.74 Å². The molecule has 0 bridgehead atoms. The summed E-state index contributed by atoms with van der Waals surface area (Å²) < 4.78 is 5.58. The normalized spacial score (nSPS) is 22.1. The van der Waals surface area contributed by atoms with E-state index in [-0.39, 0.29) is 25.3 Å². The largest absolute Gasteiger partial charge is 0.496 e. The number of nitrogens with one attached hydrogen (secondary N) is 7. The number of hydrogen-bond donors (Lipinski definition) is 7. The number of benzene rings is 2. The van der Waals surface area contributed by atoms with E-state index in [1.165, 1.54) is 4.90 Å². The summed E-state index contributed by atoms with van der Waals surface area (Å²) >= 11 is 0. The van der Waals surface area contributed by atoms with Gasteiger partial charge < -0.3 is 46.5 Å². The molecule has 0 spiro atoms. The average molecular weight is 801 g/mol. The maximum Gasteiger partial charge on any atom is 0.246 e. The Morgan fingerprint density at radius 3 is 2.09 bits per heavy atom. The number of carbonyl (C=O) groups is 7. The van der Waals surface area contributed by atoms with Gasteiger partial charge in [-0.1, -0.05) is 58.0 Å². The van der Waals surface area contributed by atoms with Gasteiger partial charge >= 0.3 is 0 Å². The smallest absolute Gasteiger partial charge is 0.246 e. The Kier molecular flexibility index (Phi) is 14.9. The number of ether oxygens (including phenoxy) is 1. The lowest BCUT2D eigenvalue weighted by Crippen LogP contribution is -2.56. The van der Waals surface area contributed by atoms with Crippen molar-refractivity contribution in [3.63, 3.8) is 0 Å². The highest BCUT2D eigenvalue weighted by atomic mass is 16.5. The quantitative estimate of drug-likeness (QED) is 0.165. The molecule has 0 saturated carbocycles. The van der Waals surface area contributed by atoms with Gasteiger partial charge in [0.15, 0.2) is 0 Å². The highest BCUT2D eigenvalue weighted by Gasteiger charge is 2.38. The van der Waals surface area contributed by atoms with Crippen LogP contribution in [0.25, 0.3) is 10.9 Å². The number of hydrogen-bond acceptors (Lipinski definition) is 8. The topological polar surface area (TPSA) is 220 Å². The second-order valence-electron chi connectivity index (χ2n) is 15.7. The van der Waals surface area contributed by atoms with Crippen LogP contribution in [0.1, 0.15) is 63.6 Å². The van der Waals surface area contributed by atoms with Crippen molar-refractivity contribution in [2.24, 2.45) is 11.8 Å². The third-order valence-corrected chi connectivity index (χ3v) is 10.5. The highest BCUT2D eigenvalue weighted by molar-refractivity contribution is 5.97. The minimum Gasteiger partial charge on any atom is -0.496 e. The first-order chi connectivity index (χ1) is 27.7. The van der Waals surface area contributed by atoms with Crippen LogP contribution in [0.5, 0.6) is 5.75 Å². The van der Waals surface area contributed by atoms with Crippen LogP contribution >= 0.6 is 0 Å². The molecule has 0 aliphatic carbocycles. The van der Waals surface area contributed by atoms with E-state index >= 15 is 0 Å². The maximum atomic E-state index is 14.3. The first kappa shape index (κ1) is 43.2. The van der Waals surface area contributed by atoms with Gasteiger partial charge in [-0.05, 0) is 66.3 Å². The van der Waals surface area contributed by atoms with Gasteiger partial charge in [0.05, 0.1) is 26.7 Å². The lowest BCUT2D eigenvalue weighted by molar-refractivity contribution is -0.141. The number of carbonyl (C=O) groups excluding carboxylic acids is 7. The Bertz CT molecular complexity index is 1990. The molecule has 58 heavy (non-hydrogen) atoms. The fraction of sp³-hybridized carbons (Fsp3) is 0.500. The molecule has 7 N–H and O–H groups in total. The molecule has 16 heteroatoms. The van der Waals surface area contributed by atoms with Crippen molar-refractivity contribution in [2.75, 3.05) is 33.3 Å². The van der Waals surface area contributed by atoms with Crippen molar-refractivity contribution in [1.82, 2.24) is 41.8 Å². The van der Waals surface area contributed by atoms with E-state index in [1.54, 1.807) is 33.2 Å². The van der Waals surface area contributed by atoms with Crippen LogP contribution in [0.3, 0.4) is 0 Å². The molecule has 4 atom stereocenters. The zero-order valence-corrected chi connectivity index (χ0v) is 33.9. The standard InChI is InChI=1S/C42H56N8O8/c1-24(2)12-14-27-17-26(13-15-34(27)58-5)18-31-39(54)44-21-36(52)48-32(19-28-20-43-30-10-7-6-9-29(28)30)42(57)50-16-8-11-33(50)40(55)45-23-37(53)49-38(25(3)4)41(56)46-22-35(51)47-31/h6-7,9-10,13,15,17,20,24-25,31-33,38,43H,8,11-12,14,16,18-19,21-23H2,1-5H3,(H,44,54)(H,45,55)(H,46,56)(H,47,51)(H,48,52)(H,49,53). The fourth-order valence-corrected chi connectivity index (χ4v) is 7.37. The van der Waals surface area contributed by atoms with Gasteiger partial charge in [0, 0.05) is 36.5 Å². The van der Waals surface area contributed by atoms with E-state index in [0.717, 1.165) is 40.4 Å². The van der Waals surface area contributed by atoms with Crippen LogP contribution in [0, 0.1) is 11.8 Å². The number of methoxy groups -OCH3 is 1. The number of H-pyrrole nitrogens is 1. The van der Waals surface area contributed by atoms with Crippen LogP contribution in [0.15, 0.2) is 48.7 Å². The zero-order chi connectivity index (χ0) is 41.9. The Hall–Kier alpha value is -5.93. The molecule has 312 valence electrons. The predicted octanol–water partition coefficient (Wildman–Crippen LogP) is 1.01. The molecule has 2 fully saturated rings. The lowest BCUT2D eigenvalue weighted by Gasteiger charge is -2.29. The second kappa shape index (κ2) is 20.0. The van der Waals surface area contributed by atoms with E-state index in [2.05, 4.69) is 50.7 Å². The number of aromatic nitrogens is 1. The van der Waals surface area contributed by atoms with Crippen LogP contribution in [0.2, 0.25) is 0 Å². The van der Waals surface area contributed by atoms with Crippen molar-refractivity contribution in [3.05, 3.63) is 65.4 Å². The number of rotatable bonds is 9. The molecule has 2 aromatic carbocycles. The molecule has 0 radical (unpaired) electrons. The molecule has 5 rings (SSSR count). The van der Waals surface area contributed by atoms with E-state index in [9.17, 15) is 33.6 Å². The number of aromatic amines is 1. The molecule has 2 aliphatic heterocycles. The number of para-hydroxylation sites is 1. The predicted molar refractivity (Wildman–Crippen MR) is 216 cm³/mol. The highest BCUT2D eigenvalue weighted by Crippen LogP contribution is 2.25. The molecule has 7 amide bonds. The molecule has 3 heterocycles. The van der Waals surface area contributed by atoms with Gasteiger partial charge in [0.2, 0.25) is 41.4 Å². The third-order valence-electron chi connectivity index (χ3n) is 10.5. The van der Waals surface area contributed by atoms with Crippen LogP contribution in [-0.4, -0.2) is 109 Å². The SMILES string of the molecule is COc1ccc(CC2NC(=O)CNC(=O)C(C(C)C)NC(=O)CNC(=O)C3CCCN3C(=O)C(Cc3c[nH]c4ccccc34)NC(=O)CNC2=O)cc1CCC(C)C. The molecule has 16 nitrogen and oxygen atoms in total. The van der Waals surface area contributed by atoms with E-state index in [1.807, 2.05) is 36.4 Å². The second-order valence-corrected chi connectivity index (χ2v) is 15.7. The Morgan fingerprint density at radius 2 is 1.40 bits per heavy atom. The summed E-state index contributed by atoms with van der Waals surface area (Å²) in [5.74, 6) is -3.55. The molecular formula is C42H56N8O8. The van der Waals surface area contributed by atoms with Crippen LogP contribution < -0.4 is 36.6 Å². The maximum absolute atomic E-state index is 14.3. The van der Waals surface area contributed by atoms with Crippen molar-refractivity contribution >= 4 is 52.3 Å². The molecule has 3 aromatic rings. The lowest BCUT2D eigenvalue weighted by atomic mass is 9.97. The Labute approximate surface area is 338 Å². The zero-order valence-electron chi connectivity index (χ0n) is 33.9. The van der Waals surface area contributed by atoms with Gasteiger partial charge in [0.1, 0.15) is 29.9 Å². The minimum absolute atomic E-state index is 0.0511. The number of aryl methyl sites for hydroxylation is 1. The van der Waals surface area contributed by atoms with Crippen molar-refractivity contribution in [2.45, 2.75) is 90.4 Å². The van der Waals surface area contributed by atoms with Crippen molar-refractivity contribution < 1.29 is 38.3 Å². The van der Waals surface area contributed by atoms with Gasteiger partial charge in [-0.3, -0.25) is 33.6 Å². The van der Waals surface area contributed by atoms with Crippen molar-refractivity contribution in [3.8, 4) is 5.75 Å². The van der Waals surface area contributed by atoms with Gasteiger partial charge in [-0.15, -0.1) is 0 Å². The van der Waals surface area contributed by atoms with Gasteiger partial charge in [-0.2, -0.15) is 0 Å². The monoisotopic (exact) mass is 800 g/mol.